The summed E-state index contributed by atoms with van der Waals surface area (Å²) in [5.41, 5.74) is 0.226. The Morgan fingerprint density at radius 3 is 2.56 bits per heavy atom. The van der Waals surface area contributed by atoms with E-state index in [0.29, 0.717) is 24.6 Å². The van der Waals surface area contributed by atoms with Gasteiger partial charge in [-0.25, -0.2) is 18.4 Å². The Morgan fingerprint density at radius 2 is 1.88 bits per heavy atom. The van der Waals surface area contributed by atoms with E-state index < -0.39 is 17.7 Å². The maximum Gasteiger partial charge on any atom is 0.293 e. The van der Waals surface area contributed by atoms with Crippen LogP contribution in [0, 0.1) is 11.6 Å². The van der Waals surface area contributed by atoms with Crippen molar-refractivity contribution in [1.29, 1.82) is 0 Å². The van der Waals surface area contributed by atoms with Crippen molar-refractivity contribution in [3.63, 3.8) is 0 Å². The molecule has 1 saturated heterocycles. The minimum Gasteiger partial charge on any atom is -0.380 e. The summed E-state index contributed by atoms with van der Waals surface area (Å²) in [6, 6.07) is 6.02. The number of likely N-dealkylation sites (tertiary alicyclic amines) is 1. The van der Waals surface area contributed by atoms with Crippen molar-refractivity contribution in [1.82, 2.24) is 19.7 Å². The zero-order valence-electron chi connectivity index (χ0n) is 18.2. The van der Waals surface area contributed by atoms with E-state index in [1.165, 1.54) is 10.7 Å². The number of hydrogen-bond donors (Lipinski definition) is 0. The number of halogens is 4. The number of aromatic nitrogens is 3. The monoisotopic (exact) mass is 505 g/mol. The first-order chi connectivity index (χ1) is 16.3. The molecule has 3 aromatic rings. The lowest BCUT2D eigenvalue weighted by atomic mass is 9.99. The van der Waals surface area contributed by atoms with Crippen molar-refractivity contribution in [3.8, 4) is 5.69 Å². The van der Waals surface area contributed by atoms with Crippen molar-refractivity contribution >= 4 is 34.8 Å². The first kappa shape index (κ1) is 22.9. The molecule has 0 bridgehead atoms. The van der Waals surface area contributed by atoms with E-state index in [-0.39, 0.29) is 44.7 Å². The molecular formula is C23H19Cl2F2N5O2. The molecule has 11 heteroatoms. The Kier molecular flexibility index (Phi) is 5.87. The molecule has 1 fully saturated rings. The van der Waals surface area contributed by atoms with Crippen LogP contribution in [0.2, 0.25) is 10.0 Å². The smallest absolute Gasteiger partial charge is 0.293 e. The molecule has 2 aromatic carbocycles. The molecule has 1 aromatic heterocycles. The third-order valence-corrected chi connectivity index (χ3v) is 6.83. The lowest BCUT2D eigenvalue weighted by Crippen LogP contribution is -2.31. The van der Waals surface area contributed by atoms with E-state index in [2.05, 4.69) is 15.1 Å². The largest absolute Gasteiger partial charge is 0.380 e. The average Bonchev–Trinajstić information content (AvgIpc) is 3.45. The maximum atomic E-state index is 14.8. The molecule has 0 N–H and O–H groups in total. The second-order valence-electron chi connectivity index (χ2n) is 8.11. The van der Waals surface area contributed by atoms with Crippen molar-refractivity contribution < 1.29 is 18.3 Å². The fourth-order valence-corrected chi connectivity index (χ4v) is 4.69. The zero-order chi connectivity index (χ0) is 24.1. The van der Waals surface area contributed by atoms with Crippen molar-refractivity contribution in [2.45, 2.75) is 25.5 Å². The summed E-state index contributed by atoms with van der Waals surface area (Å²) in [7, 11) is 1.61. The molecule has 0 radical (unpaired) electrons. The Morgan fingerprint density at radius 1 is 1.15 bits per heavy atom. The Balaban J connectivity index is 1.68. The first-order valence-electron chi connectivity index (χ1n) is 10.6. The topological polar surface area (TPSA) is 72.6 Å². The molecule has 0 saturated carbocycles. The SMILES string of the molecule is CO[C@H]1CCN(C(=O)c2nc3n(n2)-c2ccc(Cl)c(Cl)c2C(c2c(F)cccc2F)=N[C@H]3C)C1. The van der Waals surface area contributed by atoms with Crippen molar-refractivity contribution in [3.05, 3.63) is 74.8 Å². The van der Waals surface area contributed by atoms with E-state index >= 15 is 0 Å². The molecule has 2 aliphatic rings. The summed E-state index contributed by atoms with van der Waals surface area (Å²) in [4.78, 5) is 23.7. The number of nitrogens with zero attached hydrogens (tertiary/aromatic N) is 5. The maximum absolute atomic E-state index is 14.8. The van der Waals surface area contributed by atoms with Gasteiger partial charge in [0.15, 0.2) is 5.82 Å². The Bertz CT molecular complexity index is 1320. The standard InChI is InChI=1S/C23H19Cl2F2N5O2/c1-11-22-29-21(23(33)31-9-8-12(10-31)34-2)30-32(22)16-7-6-13(24)19(25)18(16)20(28-11)17-14(26)4-3-5-15(17)27/h3-7,11-12H,8-10H2,1-2H3/t11-,12-/m0/s1. The molecule has 5 rings (SSSR count). The van der Waals surface area contributed by atoms with E-state index in [1.54, 1.807) is 31.1 Å². The van der Waals surface area contributed by atoms with Gasteiger partial charge in [-0.2, -0.15) is 0 Å². The van der Waals surface area contributed by atoms with Crippen LogP contribution >= 0.6 is 23.2 Å². The lowest BCUT2D eigenvalue weighted by Gasteiger charge is -2.15. The highest BCUT2D eigenvalue weighted by Crippen LogP contribution is 2.38. The highest BCUT2D eigenvalue weighted by atomic mass is 35.5. The third-order valence-electron chi connectivity index (χ3n) is 6.02. The second kappa shape index (κ2) is 8.72. The van der Waals surface area contributed by atoms with Gasteiger partial charge in [-0.05, 0) is 37.6 Å². The van der Waals surface area contributed by atoms with E-state index in [0.717, 1.165) is 18.6 Å². The number of amides is 1. The number of benzene rings is 2. The fraction of sp³-hybridized carbons (Fsp3) is 0.304. The number of aliphatic imine (C=N–C) groups is 1. The van der Waals surface area contributed by atoms with Gasteiger partial charge in [0.2, 0.25) is 5.82 Å². The minimum atomic E-state index is -0.793. The van der Waals surface area contributed by atoms with Crippen LogP contribution in [0.3, 0.4) is 0 Å². The molecule has 2 atom stereocenters. The van der Waals surface area contributed by atoms with Crippen LogP contribution in [0.1, 0.15) is 47.0 Å². The van der Waals surface area contributed by atoms with E-state index in [1.807, 2.05) is 0 Å². The summed E-state index contributed by atoms with van der Waals surface area (Å²) in [5, 5.41) is 4.69. The predicted molar refractivity (Wildman–Crippen MR) is 123 cm³/mol. The zero-order valence-corrected chi connectivity index (χ0v) is 19.7. The Labute approximate surface area is 204 Å². The van der Waals surface area contributed by atoms with E-state index in [4.69, 9.17) is 27.9 Å². The summed E-state index contributed by atoms with van der Waals surface area (Å²) >= 11 is 12.8. The second-order valence-corrected chi connectivity index (χ2v) is 8.89. The van der Waals surface area contributed by atoms with Gasteiger partial charge in [-0.3, -0.25) is 9.79 Å². The number of fused-ring (bicyclic) bond motifs is 3. The van der Waals surface area contributed by atoms with Gasteiger partial charge < -0.3 is 9.64 Å². The van der Waals surface area contributed by atoms with Gasteiger partial charge in [-0.15, -0.1) is 5.10 Å². The quantitative estimate of drug-likeness (QED) is 0.520. The van der Waals surface area contributed by atoms with Gasteiger partial charge in [0, 0.05) is 25.8 Å². The summed E-state index contributed by atoms with van der Waals surface area (Å²) in [6.45, 7) is 2.68. The summed E-state index contributed by atoms with van der Waals surface area (Å²) in [6.07, 6.45) is 0.693. The number of ether oxygens (including phenoxy) is 1. The van der Waals surface area contributed by atoms with Gasteiger partial charge in [-0.1, -0.05) is 29.3 Å². The highest BCUT2D eigenvalue weighted by molar-refractivity contribution is 6.45. The Hall–Kier alpha value is -2.88. The number of hydrogen-bond acceptors (Lipinski definition) is 5. The average molecular weight is 506 g/mol. The van der Waals surface area contributed by atoms with Gasteiger partial charge in [0.05, 0.1) is 33.1 Å². The summed E-state index contributed by atoms with van der Waals surface area (Å²) < 4.78 is 36.3. The van der Waals surface area contributed by atoms with Crippen LogP contribution in [0.4, 0.5) is 8.78 Å². The molecule has 1 amide bonds. The molecule has 0 aliphatic carbocycles. The molecule has 0 spiro atoms. The lowest BCUT2D eigenvalue weighted by molar-refractivity contribution is 0.0713. The van der Waals surface area contributed by atoms with Crippen LogP contribution < -0.4 is 0 Å². The van der Waals surface area contributed by atoms with Crippen molar-refractivity contribution in [2.24, 2.45) is 4.99 Å². The molecule has 0 unspecified atom stereocenters. The first-order valence-corrected chi connectivity index (χ1v) is 11.4. The molecule has 7 nitrogen and oxygen atoms in total. The van der Waals surface area contributed by atoms with Gasteiger partial charge in [0.1, 0.15) is 17.7 Å². The number of methoxy groups -OCH3 is 1. The summed E-state index contributed by atoms with van der Waals surface area (Å²) in [5.74, 6) is -1.60. The predicted octanol–water partition coefficient (Wildman–Crippen LogP) is 4.63. The van der Waals surface area contributed by atoms with Crippen LogP contribution in [0.15, 0.2) is 35.3 Å². The molecule has 3 heterocycles. The molecule has 34 heavy (non-hydrogen) atoms. The third kappa shape index (κ3) is 3.68. The number of carbonyl (C=O) groups is 1. The van der Waals surface area contributed by atoms with Crippen LogP contribution in [-0.2, 0) is 4.74 Å². The van der Waals surface area contributed by atoms with Gasteiger partial charge in [0.25, 0.3) is 5.91 Å². The van der Waals surface area contributed by atoms with E-state index in [9.17, 15) is 13.6 Å². The number of rotatable bonds is 3. The fourth-order valence-electron chi connectivity index (χ4n) is 4.28. The van der Waals surface area contributed by atoms with Crippen molar-refractivity contribution in [2.75, 3.05) is 20.2 Å². The number of carbonyl (C=O) groups excluding carboxylic acids is 1. The minimum absolute atomic E-state index is 0.00624. The van der Waals surface area contributed by atoms with Crippen LogP contribution in [0.25, 0.3) is 5.69 Å². The highest BCUT2D eigenvalue weighted by Gasteiger charge is 2.34. The van der Waals surface area contributed by atoms with Crippen LogP contribution in [0.5, 0.6) is 0 Å². The molecule has 176 valence electrons. The van der Waals surface area contributed by atoms with Gasteiger partial charge >= 0.3 is 0 Å². The molecular weight excluding hydrogens is 487 g/mol. The molecule has 2 aliphatic heterocycles. The normalized spacial score (nSPS) is 19.5. The van der Waals surface area contributed by atoms with Crippen LogP contribution in [-0.4, -0.2) is 57.6 Å².